The van der Waals surface area contributed by atoms with Crippen molar-refractivity contribution in [1.29, 1.82) is 0 Å². The first kappa shape index (κ1) is 14.1. The van der Waals surface area contributed by atoms with Crippen molar-refractivity contribution < 1.29 is 4.79 Å². The molecule has 0 bridgehead atoms. The van der Waals surface area contributed by atoms with Crippen LogP contribution >= 0.6 is 31.9 Å². The molecular formula is C14H17Br2NO. The molecule has 0 spiro atoms. The van der Waals surface area contributed by atoms with Crippen molar-refractivity contribution in [1.82, 2.24) is 5.32 Å². The number of rotatable bonds is 3. The highest BCUT2D eigenvalue weighted by molar-refractivity contribution is 9.10. The van der Waals surface area contributed by atoms with Gasteiger partial charge in [-0.05, 0) is 55.9 Å². The first-order valence-electron chi connectivity index (χ1n) is 6.33. The monoisotopic (exact) mass is 373 g/mol. The number of carbonyl (C=O) groups is 1. The van der Waals surface area contributed by atoms with Crippen molar-refractivity contribution in [2.75, 3.05) is 6.54 Å². The van der Waals surface area contributed by atoms with Gasteiger partial charge in [0.15, 0.2) is 0 Å². The van der Waals surface area contributed by atoms with Crippen molar-refractivity contribution >= 4 is 37.8 Å². The molecule has 0 aromatic heterocycles. The molecule has 2 nitrogen and oxygen atoms in total. The first-order valence-corrected chi connectivity index (χ1v) is 8.04. The lowest BCUT2D eigenvalue weighted by Crippen LogP contribution is -2.31. The maximum atomic E-state index is 11.9. The van der Waals surface area contributed by atoms with Crippen molar-refractivity contribution in [3.05, 3.63) is 34.3 Å². The van der Waals surface area contributed by atoms with E-state index in [9.17, 15) is 4.79 Å². The smallest absolute Gasteiger partial charge is 0.251 e. The molecule has 1 aromatic rings. The second-order valence-electron chi connectivity index (χ2n) is 4.83. The Morgan fingerprint density at radius 1 is 1.17 bits per heavy atom. The van der Waals surface area contributed by atoms with Crippen LogP contribution in [-0.2, 0) is 0 Å². The van der Waals surface area contributed by atoms with E-state index in [4.69, 9.17) is 0 Å². The number of nitrogens with one attached hydrogen (secondary N) is 1. The quantitative estimate of drug-likeness (QED) is 0.791. The molecule has 1 aliphatic carbocycles. The Morgan fingerprint density at radius 3 is 2.39 bits per heavy atom. The number of alkyl halides is 1. The second-order valence-corrected chi connectivity index (χ2v) is 7.05. The van der Waals surface area contributed by atoms with Gasteiger partial charge in [-0.3, -0.25) is 4.79 Å². The summed E-state index contributed by atoms with van der Waals surface area (Å²) >= 11 is 7.01. The third-order valence-corrected chi connectivity index (χ3v) is 4.88. The van der Waals surface area contributed by atoms with E-state index in [1.165, 1.54) is 25.7 Å². The van der Waals surface area contributed by atoms with Gasteiger partial charge in [-0.2, -0.15) is 0 Å². The second kappa shape index (κ2) is 6.71. The van der Waals surface area contributed by atoms with Crippen molar-refractivity contribution in [2.45, 2.75) is 30.5 Å². The van der Waals surface area contributed by atoms with Crippen molar-refractivity contribution in [3.8, 4) is 0 Å². The molecule has 2 rings (SSSR count). The Kier molecular flexibility index (Phi) is 5.25. The van der Waals surface area contributed by atoms with Crippen LogP contribution in [0.2, 0.25) is 0 Å². The van der Waals surface area contributed by atoms with Crippen LogP contribution in [0.1, 0.15) is 36.0 Å². The predicted octanol–water partition coefficient (Wildman–Crippen LogP) is 4.13. The van der Waals surface area contributed by atoms with Crippen LogP contribution in [0.5, 0.6) is 0 Å². The Hall–Kier alpha value is -0.350. The fraction of sp³-hybridized carbons (Fsp3) is 0.500. The van der Waals surface area contributed by atoms with E-state index < -0.39 is 0 Å². The Labute approximate surface area is 125 Å². The highest BCUT2D eigenvalue weighted by Crippen LogP contribution is 2.28. The van der Waals surface area contributed by atoms with Gasteiger partial charge in [-0.25, -0.2) is 0 Å². The average molecular weight is 375 g/mol. The molecule has 0 heterocycles. The van der Waals surface area contributed by atoms with Gasteiger partial charge in [0.2, 0.25) is 0 Å². The summed E-state index contributed by atoms with van der Waals surface area (Å²) in [5, 5.41) is 3.03. The summed E-state index contributed by atoms with van der Waals surface area (Å²) in [6, 6.07) is 7.47. The lowest BCUT2D eigenvalue weighted by molar-refractivity contribution is 0.0944. The molecule has 0 atom stereocenters. The lowest BCUT2D eigenvalue weighted by Gasteiger charge is -2.25. The van der Waals surface area contributed by atoms with Crippen LogP contribution < -0.4 is 5.32 Å². The highest BCUT2D eigenvalue weighted by atomic mass is 79.9. The van der Waals surface area contributed by atoms with E-state index >= 15 is 0 Å². The van der Waals surface area contributed by atoms with Crippen LogP contribution in [0, 0.1) is 5.92 Å². The van der Waals surface area contributed by atoms with Gasteiger partial charge in [-0.1, -0.05) is 31.9 Å². The molecule has 1 fully saturated rings. The van der Waals surface area contributed by atoms with Crippen LogP contribution in [0.15, 0.2) is 28.7 Å². The molecular weight excluding hydrogens is 358 g/mol. The van der Waals surface area contributed by atoms with Crippen LogP contribution in [0.4, 0.5) is 0 Å². The topological polar surface area (TPSA) is 29.1 Å². The normalized spacial score (nSPS) is 23.7. The molecule has 1 N–H and O–H groups in total. The maximum absolute atomic E-state index is 11.9. The zero-order chi connectivity index (χ0) is 13.0. The predicted molar refractivity (Wildman–Crippen MR) is 81.1 cm³/mol. The number of carbonyl (C=O) groups excluding carboxylic acids is 1. The van der Waals surface area contributed by atoms with Gasteiger partial charge in [0, 0.05) is 21.4 Å². The molecule has 18 heavy (non-hydrogen) atoms. The number of hydrogen-bond acceptors (Lipinski definition) is 1. The summed E-state index contributed by atoms with van der Waals surface area (Å²) in [7, 11) is 0. The first-order chi connectivity index (χ1) is 8.65. The van der Waals surface area contributed by atoms with Gasteiger partial charge < -0.3 is 5.32 Å². The third kappa shape index (κ3) is 4.09. The zero-order valence-electron chi connectivity index (χ0n) is 10.2. The summed E-state index contributed by atoms with van der Waals surface area (Å²) in [6.45, 7) is 0.800. The Bertz CT molecular complexity index is 397. The SMILES string of the molecule is O=C(NCC1CCC(Br)CC1)c1ccc(Br)cc1. The van der Waals surface area contributed by atoms with E-state index in [-0.39, 0.29) is 5.91 Å². The fourth-order valence-electron chi connectivity index (χ4n) is 2.27. The van der Waals surface area contributed by atoms with Crippen LogP contribution in [0.3, 0.4) is 0 Å². The summed E-state index contributed by atoms with van der Waals surface area (Å²) < 4.78 is 0.995. The number of hydrogen-bond donors (Lipinski definition) is 1. The third-order valence-electron chi connectivity index (χ3n) is 3.43. The summed E-state index contributed by atoms with van der Waals surface area (Å²) in [5.74, 6) is 0.668. The van der Waals surface area contributed by atoms with Gasteiger partial charge in [0.05, 0.1) is 0 Å². The van der Waals surface area contributed by atoms with Gasteiger partial charge >= 0.3 is 0 Å². The maximum Gasteiger partial charge on any atom is 0.251 e. The molecule has 1 saturated carbocycles. The Balaban J connectivity index is 1.79. The molecule has 0 radical (unpaired) electrons. The summed E-state index contributed by atoms with van der Waals surface area (Å²) in [4.78, 5) is 12.6. The number of halogens is 2. The standard InChI is InChI=1S/C14H17Br2NO/c15-12-5-1-10(2-6-12)9-17-14(18)11-3-7-13(16)8-4-11/h3-4,7-8,10,12H,1-2,5-6,9H2,(H,17,18). The van der Waals surface area contributed by atoms with E-state index in [0.717, 1.165) is 16.6 Å². The van der Waals surface area contributed by atoms with Gasteiger partial charge in [0.25, 0.3) is 5.91 Å². The summed E-state index contributed by atoms with van der Waals surface area (Å²) in [6.07, 6.45) is 4.85. The van der Waals surface area contributed by atoms with E-state index in [2.05, 4.69) is 37.2 Å². The van der Waals surface area contributed by atoms with Crippen molar-refractivity contribution in [3.63, 3.8) is 0 Å². The molecule has 0 unspecified atom stereocenters. The molecule has 1 aromatic carbocycles. The largest absolute Gasteiger partial charge is 0.352 e. The number of amides is 1. The number of benzene rings is 1. The van der Waals surface area contributed by atoms with Gasteiger partial charge in [-0.15, -0.1) is 0 Å². The minimum absolute atomic E-state index is 0.0310. The molecule has 4 heteroatoms. The molecule has 1 amide bonds. The molecule has 1 aliphatic rings. The molecule has 0 saturated heterocycles. The lowest BCUT2D eigenvalue weighted by atomic mass is 9.89. The molecule has 0 aliphatic heterocycles. The minimum atomic E-state index is 0.0310. The molecule has 98 valence electrons. The highest BCUT2D eigenvalue weighted by Gasteiger charge is 2.19. The van der Waals surface area contributed by atoms with Crippen LogP contribution in [-0.4, -0.2) is 17.3 Å². The van der Waals surface area contributed by atoms with Crippen LogP contribution in [0.25, 0.3) is 0 Å². The average Bonchev–Trinajstić information content (AvgIpc) is 2.38. The van der Waals surface area contributed by atoms with E-state index in [1.807, 2.05) is 24.3 Å². The van der Waals surface area contributed by atoms with Crippen molar-refractivity contribution in [2.24, 2.45) is 5.92 Å². The summed E-state index contributed by atoms with van der Waals surface area (Å²) in [5.41, 5.74) is 0.729. The fourth-order valence-corrected chi connectivity index (χ4v) is 3.06. The van der Waals surface area contributed by atoms with Gasteiger partial charge in [0.1, 0.15) is 0 Å². The minimum Gasteiger partial charge on any atom is -0.352 e. The van der Waals surface area contributed by atoms with E-state index in [0.29, 0.717) is 10.7 Å². The zero-order valence-corrected chi connectivity index (χ0v) is 13.3. The Morgan fingerprint density at radius 2 is 1.78 bits per heavy atom. The van der Waals surface area contributed by atoms with E-state index in [1.54, 1.807) is 0 Å².